The summed E-state index contributed by atoms with van der Waals surface area (Å²) in [7, 11) is -3.59. The van der Waals surface area contributed by atoms with Crippen LogP contribution in [-0.2, 0) is 21.0 Å². The second-order valence-electron chi connectivity index (χ2n) is 6.24. The van der Waals surface area contributed by atoms with E-state index in [0.717, 1.165) is 11.5 Å². The summed E-state index contributed by atoms with van der Waals surface area (Å²) in [5.41, 5.74) is 0. The van der Waals surface area contributed by atoms with Gasteiger partial charge in [0, 0.05) is 23.0 Å². The van der Waals surface area contributed by atoms with Crippen LogP contribution in [0.2, 0.25) is 0 Å². The summed E-state index contributed by atoms with van der Waals surface area (Å²) >= 11 is 0. The average Bonchev–Trinajstić information content (AvgIpc) is 3.20. The Morgan fingerprint density at radius 2 is 1.38 bits per heavy atom. The molecular formula is C16H17F9O5S2. The molecule has 32 heavy (non-hydrogen) atoms. The molecule has 1 fully saturated rings. The van der Waals surface area contributed by atoms with Gasteiger partial charge in [-0.25, -0.2) is 8.42 Å². The molecule has 5 nitrogen and oxygen atoms in total. The Hall–Kier alpha value is -1.55. The van der Waals surface area contributed by atoms with Crippen LogP contribution >= 0.6 is 0 Å². The van der Waals surface area contributed by atoms with Gasteiger partial charge in [-0.05, 0) is 18.9 Å². The maximum Gasteiger partial charge on any atom is 0.460 e. The largest absolute Gasteiger partial charge is 0.743 e. The standard InChI is InChI=1S/C12H17O2S.C4HF9O3S/c1-13-10-5-6-12(11(9-10)14-2)15-7-3-4-8-15;5-1(6,3(9,10)11)2(7,8)4(12,13)17(14,15)16/h5-6,9H,3-4,7-8H2,1-2H3;(H,14,15,16)/q+1;/p-1. The van der Waals surface area contributed by atoms with Crippen molar-refractivity contribution in [2.75, 3.05) is 25.7 Å². The zero-order valence-electron chi connectivity index (χ0n) is 16.3. The number of halogens is 9. The number of benzene rings is 1. The zero-order chi connectivity index (χ0) is 25.2. The minimum atomic E-state index is -7.43. The molecule has 16 heteroatoms. The summed E-state index contributed by atoms with van der Waals surface area (Å²) in [6, 6.07) is 6.18. The first kappa shape index (κ1) is 28.5. The second-order valence-corrected chi connectivity index (χ2v) is 9.91. The minimum absolute atomic E-state index is 0.407. The van der Waals surface area contributed by atoms with Gasteiger partial charge < -0.3 is 14.0 Å². The van der Waals surface area contributed by atoms with Gasteiger partial charge in [0.2, 0.25) is 0 Å². The first-order valence-corrected chi connectivity index (χ1v) is 11.4. The SMILES string of the molecule is COc1ccc([S+]2CCCC2)c(OC)c1.O=S(=O)([O-])C(F)(F)C(F)(F)C(F)(F)C(F)(F)F. The van der Waals surface area contributed by atoms with E-state index >= 15 is 0 Å². The van der Waals surface area contributed by atoms with Crippen LogP contribution in [0.1, 0.15) is 12.8 Å². The molecule has 186 valence electrons. The fraction of sp³-hybridized carbons (Fsp3) is 0.625. The summed E-state index contributed by atoms with van der Waals surface area (Å²) in [6.45, 7) is 0. The van der Waals surface area contributed by atoms with Crippen LogP contribution in [-0.4, -0.2) is 62.0 Å². The fourth-order valence-electron chi connectivity index (χ4n) is 2.41. The van der Waals surface area contributed by atoms with E-state index in [2.05, 4.69) is 6.07 Å². The summed E-state index contributed by atoms with van der Waals surface area (Å²) < 4.78 is 146. The molecule has 1 heterocycles. The van der Waals surface area contributed by atoms with Gasteiger partial charge in [0.15, 0.2) is 20.8 Å². The van der Waals surface area contributed by atoms with Crippen LogP contribution < -0.4 is 9.47 Å². The molecule has 1 aromatic carbocycles. The highest BCUT2D eigenvalue weighted by Gasteiger charge is 2.83. The molecule has 0 aliphatic carbocycles. The second kappa shape index (κ2) is 9.75. The van der Waals surface area contributed by atoms with Crippen molar-refractivity contribution in [3.05, 3.63) is 18.2 Å². The molecule has 0 bridgehead atoms. The number of ether oxygens (including phenoxy) is 2. The van der Waals surface area contributed by atoms with Crippen molar-refractivity contribution in [3.63, 3.8) is 0 Å². The Labute approximate surface area is 180 Å². The van der Waals surface area contributed by atoms with E-state index in [4.69, 9.17) is 9.47 Å². The zero-order valence-corrected chi connectivity index (χ0v) is 18.0. The van der Waals surface area contributed by atoms with Crippen LogP contribution in [0.15, 0.2) is 23.1 Å². The van der Waals surface area contributed by atoms with Gasteiger partial charge >= 0.3 is 23.3 Å². The highest BCUT2D eigenvalue weighted by atomic mass is 32.2. The van der Waals surface area contributed by atoms with Crippen LogP contribution in [0, 0.1) is 0 Å². The molecular weight excluding hydrogens is 507 g/mol. The Morgan fingerprint density at radius 3 is 1.75 bits per heavy atom. The number of methoxy groups -OCH3 is 2. The molecule has 1 aliphatic heterocycles. The smallest absolute Gasteiger partial charge is 0.460 e. The average molecular weight is 524 g/mol. The summed E-state index contributed by atoms with van der Waals surface area (Å²) in [4.78, 5) is 1.37. The molecule has 0 amide bonds. The monoisotopic (exact) mass is 524 g/mol. The van der Waals surface area contributed by atoms with Crippen molar-refractivity contribution in [3.8, 4) is 11.5 Å². The first-order valence-electron chi connectivity index (χ1n) is 8.40. The molecule has 1 aliphatic rings. The third-order valence-corrected chi connectivity index (χ3v) is 7.55. The molecule has 2 rings (SSSR count). The Bertz CT molecular complexity index is 882. The third-order valence-electron chi connectivity index (χ3n) is 4.14. The molecule has 0 atom stereocenters. The minimum Gasteiger partial charge on any atom is -0.743 e. The van der Waals surface area contributed by atoms with Gasteiger partial charge in [0.1, 0.15) is 17.3 Å². The van der Waals surface area contributed by atoms with Gasteiger partial charge in [-0.2, -0.15) is 39.5 Å². The lowest BCUT2D eigenvalue weighted by molar-refractivity contribution is -0.382. The quantitative estimate of drug-likeness (QED) is 0.313. The van der Waals surface area contributed by atoms with Crippen molar-refractivity contribution in [1.29, 1.82) is 0 Å². The molecule has 0 spiro atoms. The van der Waals surface area contributed by atoms with Gasteiger partial charge in [0.25, 0.3) is 0 Å². The van der Waals surface area contributed by atoms with Crippen molar-refractivity contribution in [2.45, 2.75) is 41.0 Å². The molecule has 0 saturated carbocycles. The number of hydrogen-bond donors (Lipinski definition) is 0. The van der Waals surface area contributed by atoms with Crippen LogP contribution in [0.4, 0.5) is 39.5 Å². The summed E-state index contributed by atoms with van der Waals surface area (Å²) in [5, 5.41) is -7.11. The third kappa shape index (κ3) is 5.50. The Kier molecular flexibility index (Phi) is 8.68. The normalized spacial score (nSPS) is 16.4. The topological polar surface area (TPSA) is 75.7 Å². The fourth-order valence-corrected chi connectivity index (χ4v) is 5.28. The lowest BCUT2D eigenvalue weighted by Crippen LogP contribution is -2.63. The number of alkyl halides is 9. The lowest BCUT2D eigenvalue weighted by atomic mass is 10.1. The summed E-state index contributed by atoms with van der Waals surface area (Å²) in [5.74, 6) is -10.3. The maximum atomic E-state index is 12.2. The lowest BCUT2D eigenvalue weighted by Gasteiger charge is -2.34. The molecule has 0 aromatic heterocycles. The van der Waals surface area contributed by atoms with Crippen LogP contribution in [0.5, 0.6) is 11.5 Å². The van der Waals surface area contributed by atoms with E-state index < -0.39 is 33.4 Å². The Balaban J connectivity index is 0.000000321. The van der Waals surface area contributed by atoms with Crippen molar-refractivity contribution >= 4 is 21.0 Å². The van der Waals surface area contributed by atoms with Gasteiger partial charge in [-0.15, -0.1) is 0 Å². The van der Waals surface area contributed by atoms with Crippen molar-refractivity contribution in [2.24, 2.45) is 0 Å². The number of rotatable bonds is 6. The van der Waals surface area contributed by atoms with Crippen molar-refractivity contribution < 1.29 is 62.0 Å². The predicted molar refractivity (Wildman–Crippen MR) is 94.7 cm³/mol. The van der Waals surface area contributed by atoms with E-state index in [1.165, 1.54) is 29.2 Å². The summed E-state index contributed by atoms with van der Waals surface area (Å²) in [6.07, 6.45) is -4.44. The molecule has 0 unspecified atom stereocenters. The highest BCUT2D eigenvalue weighted by molar-refractivity contribution is 7.97. The van der Waals surface area contributed by atoms with Crippen LogP contribution in [0.25, 0.3) is 0 Å². The first-order chi connectivity index (χ1) is 14.3. The highest BCUT2D eigenvalue weighted by Crippen LogP contribution is 2.54. The van der Waals surface area contributed by atoms with E-state index in [0.29, 0.717) is 10.9 Å². The van der Waals surface area contributed by atoms with Crippen molar-refractivity contribution in [1.82, 2.24) is 0 Å². The molecule has 1 aromatic rings. The van der Waals surface area contributed by atoms with Gasteiger partial charge in [-0.1, -0.05) is 0 Å². The van der Waals surface area contributed by atoms with E-state index in [1.54, 1.807) is 14.2 Å². The van der Waals surface area contributed by atoms with E-state index in [9.17, 15) is 52.5 Å². The van der Waals surface area contributed by atoms with Crippen LogP contribution in [0.3, 0.4) is 0 Å². The van der Waals surface area contributed by atoms with Gasteiger partial charge in [0.05, 0.1) is 14.2 Å². The number of hydrogen-bond acceptors (Lipinski definition) is 5. The Morgan fingerprint density at radius 1 is 0.875 bits per heavy atom. The van der Waals surface area contributed by atoms with E-state index in [-0.39, 0.29) is 0 Å². The molecule has 0 radical (unpaired) electrons. The van der Waals surface area contributed by atoms with Gasteiger partial charge in [-0.3, -0.25) is 0 Å². The molecule has 1 saturated heterocycles. The van der Waals surface area contributed by atoms with E-state index in [1.807, 2.05) is 12.1 Å². The molecule has 0 N–H and O–H groups in total. The predicted octanol–water partition coefficient (Wildman–Crippen LogP) is 4.43. The maximum absolute atomic E-state index is 12.2.